The molecule has 5 nitrogen and oxygen atoms in total. The van der Waals surface area contributed by atoms with E-state index in [1.165, 1.54) is 6.26 Å². The van der Waals surface area contributed by atoms with Gasteiger partial charge in [-0.1, -0.05) is 42.5 Å². The first-order valence-electron chi connectivity index (χ1n) is 9.33. The molecule has 1 amide bonds. The van der Waals surface area contributed by atoms with Crippen LogP contribution in [0.25, 0.3) is 11.1 Å². The highest BCUT2D eigenvalue weighted by Crippen LogP contribution is 2.31. The molecule has 0 aliphatic carbocycles. The minimum Gasteiger partial charge on any atom is -0.334 e. The zero-order chi connectivity index (χ0) is 19.0. The summed E-state index contributed by atoms with van der Waals surface area (Å²) in [5, 5.41) is 0. The third kappa shape index (κ3) is 3.77. The Morgan fingerprint density at radius 1 is 0.926 bits per heavy atom. The van der Waals surface area contributed by atoms with Crippen LogP contribution in [0, 0.1) is 5.92 Å². The molecule has 0 N–H and O–H groups in total. The Morgan fingerprint density at radius 3 is 2.41 bits per heavy atom. The topological polar surface area (TPSA) is 57.7 Å². The van der Waals surface area contributed by atoms with E-state index in [1.54, 1.807) is 4.31 Å². The lowest BCUT2D eigenvalue weighted by molar-refractivity contribution is 0.0589. The Hall–Kier alpha value is -2.18. The van der Waals surface area contributed by atoms with Crippen LogP contribution in [-0.2, 0) is 10.0 Å². The van der Waals surface area contributed by atoms with Gasteiger partial charge in [0, 0.05) is 31.2 Å². The number of fused-ring (bicyclic) bond motifs is 4. The van der Waals surface area contributed by atoms with Gasteiger partial charge in [-0.3, -0.25) is 4.79 Å². The van der Waals surface area contributed by atoms with E-state index < -0.39 is 10.0 Å². The van der Waals surface area contributed by atoms with Gasteiger partial charge < -0.3 is 4.90 Å². The van der Waals surface area contributed by atoms with Crippen molar-refractivity contribution >= 4 is 15.9 Å². The number of hydrogen-bond acceptors (Lipinski definition) is 3. The molecule has 6 heteroatoms. The third-order valence-electron chi connectivity index (χ3n) is 5.63. The summed E-state index contributed by atoms with van der Waals surface area (Å²) in [4.78, 5) is 15.1. The first kappa shape index (κ1) is 18.2. The largest absolute Gasteiger partial charge is 0.334 e. The molecule has 3 aliphatic rings. The maximum atomic E-state index is 13.2. The summed E-state index contributed by atoms with van der Waals surface area (Å²) in [6.07, 6.45) is 3.10. The van der Waals surface area contributed by atoms with Gasteiger partial charge in [0.2, 0.25) is 10.0 Å². The third-order valence-corrected chi connectivity index (χ3v) is 6.86. The van der Waals surface area contributed by atoms with Gasteiger partial charge in [0.15, 0.2) is 0 Å². The van der Waals surface area contributed by atoms with Gasteiger partial charge in [-0.2, -0.15) is 4.31 Å². The molecular weight excluding hydrogens is 360 g/mol. The van der Waals surface area contributed by atoms with Crippen molar-refractivity contribution in [1.29, 1.82) is 0 Å². The van der Waals surface area contributed by atoms with Crippen molar-refractivity contribution in [3.63, 3.8) is 0 Å². The van der Waals surface area contributed by atoms with Crippen LogP contribution in [0.3, 0.4) is 0 Å². The predicted molar refractivity (Wildman–Crippen MR) is 106 cm³/mol. The molecule has 3 aliphatic heterocycles. The van der Waals surface area contributed by atoms with E-state index in [4.69, 9.17) is 0 Å². The van der Waals surface area contributed by atoms with Gasteiger partial charge in [0.25, 0.3) is 5.91 Å². The monoisotopic (exact) mass is 384 g/mol. The summed E-state index contributed by atoms with van der Waals surface area (Å²) >= 11 is 0. The average Bonchev–Trinajstić information content (AvgIpc) is 3.01. The standard InChI is InChI=1S/C21H24N2O3S/c1-27(25,26)22-13-16-10-11-20(15-22)23(14-16)21(24)19-9-5-8-18(12-19)17-6-3-2-4-7-17/h2-9,12,16,20H,10-11,13-15H2,1H3/t16-,20+/m0/s1. The lowest BCUT2D eigenvalue weighted by Crippen LogP contribution is -2.47. The maximum Gasteiger partial charge on any atom is 0.254 e. The second-order valence-electron chi connectivity index (χ2n) is 7.58. The van der Waals surface area contributed by atoms with Crippen LogP contribution >= 0.6 is 0 Å². The van der Waals surface area contributed by atoms with Crippen molar-refractivity contribution in [2.75, 3.05) is 25.9 Å². The van der Waals surface area contributed by atoms with Crippen LogP contribution in [0.2, 0.25) is 0 Å². The van der Waals surface area contributed by atoms with Crippen LogP contribution in [0.5, 0.6) is 0 Å². The van der Waals surface area contributed by atoms with E-state index in [0.29, 0.717) is 25.2 Å². The second-order valence-corrected chi connectivity index (χ2v) is 9.56. The number of carbonyl (C=O) groups excluding carboxylic acids is 1. The van der Waals surface area contributed by atoms with E-state index in [2.05, 4.69) is 0 Å². The van der Waals surface area contributed by atoms with Crippen molar-refractivity contribution in [1.82, 2.24) is 9.21 Å². The first-order chi connectivity index (χ1) is 12.9. The molecular formula is C21H24N2O3S. The first-order valence-corrected chi connectivity index (χ1v) is 11.2. The Kier molecular flexibility index (Phi) is 4.78. The Balaban J connectivity index is 1.60. The smallest absolute Gasteiger partial charge is 0.254 e. The Morgan fingerprint density at radius 2 is 1.67 bits per heavy atom. The van der Waals surface area contributed by atoms with Gasteiger partial charge in [-0.15, -0.1) is 0 Å². The van der Waals surface area contributed by atoms with Crippen LogP contribution in [0.1, 0.15) is 23.2 Å². The summed E-state index contributed by atoms with van der Waals surface area (Å²) in [6, 6.07) is 17.6. The number of amides is 1. The van der Waals surface area contributed by atoms with Crippen LogP contribution in [-0.4, -0.2) is 55.5 Å². The molecule has 2 aromatic carbocycles. The number of piperidine rings is 1. The van der Waals surface area contributed by atoms with Crippen LogP contribution < -0.4 is 0 Å². The summed E-state index contributed by atoms with van der Waals surface area (Å²) < 4.78 is 25.6. The summed E-state index contributed by atoms with van der Waals surface area (Å²) in [5.41, 5.74) is 2.75. The molecule has 3 fully saturated rings. The highest BCUT2D eigenvalue weighted by atomic mass is 32.2. The molecule has 142 valence electrons. The van der Waals surface area contributed by atoms with Crippen molar-refractivity contribution in [2.45, 2.75) is 18.9 Å². The van der Waals surface area contributed by atoms with Gasteiger partial charge in [0.05, 0.1) is 6.26 Å². The SMILES string of the molecule is CS(=O)(=O)N1C[C@@H]2CC[C@H](C1)N(C(=O)c1cccc(-c3ccccc3)c1)C2. The fourth-order valence-corrected chi connectivity index (χ4v) is 5.11. The molecule has 2 aromatic rings. The van der Waals surface area contributed by atoms with Crippen LogP contribution in [0.4, 0.5) is 0 Å². The highest BCUT2D eigenvalue weighted by Gasteiger charge is 2.39. The molecule has 0 aromatic heterocycles. The van der Waals surface area contributed by atoms with E-state index in [0.717, 1.165) is 24.0 Å². The molecule has 2 atom stereocenters. The average molecular weight is 385 g/mol. The molecule has 3 heterocycles. The second kappa shape index (κ2) is 7.09. The normalized spacial score (nSPS) is 23.2. The Labute approximate surface area is 160 Å². The van der Waals surface area contributed by atoms with Gasteiger partial charge in [0.1, 0.15) is 0 Å². The molecule has 3 saturated heterocycles. The predicted octanol–water partition coefficient (Wildman–Crippen LogP) is 2.85. The zero-order valence-corrected chi connectivity index (χ0v) is 16.2. The van der Waals surface area contributed by atoms with E-state index in [9.17, 15) is 13.2 Å². The molecule has 5 rings (SSSR count). The number of benzene rings is 2. The number of sulfonamides is 1. The minimum atomic E-state index is -3.24. The highest BCUT2D eigenvalue weighted by molar-refractivity contribution is 7.88. The molecule has 2 bridgehead atoms. The van der Waals surface area contributed by atoms with E-state index in [-0.39, 0.29) is 17.9 Å². The fraction of sp³-hybridized carbons (Fsp3) is 0.381. The van der Waals surface area contributed by atoms with Crippen molar-refractivity contribution in [2.24, 2.45) is 5.92 Å². The summed E-state index contributed by atoms with van der Waals surface area (Å²) in [7, 11) is -3.24. The number of nitrogens with zero attached hydrogens (tertiary/aromatic N) is 2. The number of carbonyl (C=O) groups is 1. The molecule has 0 unspecified atom stereocenters. The number of rotatable bonds is 3. The molecule has 0 saturated carbocycles. The lowest BCUT2D eigenvalue weighted by Gasteiger charge is -2.36. The fourth-order valence-electron chi connectivity index (χ4n) is 4.19. The minimum absolute atomic E-state index is 0.00201. The van der Waals surface area contributed by atoms with Crippen molar-refractivity contribution < 1.29 is 13.2 Å². The zero-order valence-electron chi connectivity index (χ0n) is 15.4. The van der Waals surface area contributed by atoms with Crippen molar-refractivity contribution in [3.8, 4) is 11.1 Å². The van der Waals surface area contributed by atoms with Gasteiger partial charge in [-0.25, -0.2) is 8.42 Å². The van der Waals surface area contributed by atoms with E-state index in [1.807, 2.05) is 59.5 Å². The lowest BCUT2D eigenvalue weighted by atomic mass is 9.94. The molecule has 27 heavy (non-hydrogen) atoms. The molecule has 0 spiro atoms. The molecule has 0 radical (unpaired) electrons. The summed E-state index contributed by atoms with van der Waals surface area (Å²) in [5.74, 6) is 0.206. The maximum absolute atomic E-state index is 13.2. The van der Waals surface area contributed by atoms with Crippen molar-refractivity contribution in [3.05, 3.63) is 60.2 Å². The van der Waals surface area contributed by atoms with Gasteiger partial charge in [-0.05, 0) is 42.0 Å². The van der Waals surface area contributed by atoms with Crippen LogP contribution in [0.15, 0.2) is 54.6 Å². The quantitative estimate of drug-likeness (QED) is 0.818. The number of hydrogen-bond donors (Lipinski definition) is 0. The van der Waals surface area contributed by atoms with Gasteiger partial charge >= 0.3 is 0 Å². The summed E-state index contributed by atoms with van der Waals surface area (Å²) in [6.45, 7) is 1.55. The Bertz CT molecular complexity index is 943. The van der Waals surface area contributed by atoms with E-state index >= 15 is 0 Å².